The average molecular weight is 486 g/mol. The van der Waals surface area contributed by atoms with E-state index in [1.165, 1.54) is 0 Å². The fourth-order valence-corrected chi connectivity index (χ4v) is 3.34. The molecular weight excluding hydrogens is 462 g/mol. The van der Waals surface area contributed by atoms with E-state index < -0.39 is 0 Å². The molecule has 0 saturated heterocycles. The van der Waals surface area contributed by atoms with E-state index >= 15 is 0 Å². The molecule has 0 saturated carbocycles. The molecule has 0 spiro atoms. The molecular formula is C24H24BrNO5. The molecule has 0 bridgehead atoms. The summed E-state index contributed by atoms with van der Waals surface area (Å²) in [7, 11) is 3.16. The molecule has 162 valence electrons. The molecule has 0 aliphatic carbocycles. The minimum absolute atomic E-state index is 0.259. The monoisotopic (exact) mass is 485 g/mol. The minimum Gasteiger partial charge on any atom is -0.497 e. The number of anilines is 1. The first-order valence-corrected chi connectivity index (χ1v) is 10.6. The second kappa shape index (κ2) is 10.7. The van der Waals surface area contributed by atoms with E-state index in [0.29, 0.717) is 45.3 Å². The maximum absolute atomic E-state index is 12.7. The van der Waals surface area contributed by atoms with Crippen molar-refractivity contribution in [2.24, 2.45) is 0 Å². The fraction of sp³-hybridized carbons (Fsp3) is 0.208. The Kier molecular flexibility index (Phi) is 7.78. The highest BCUT2D eigenvalue weighted by atomic mass is 79.9. The Balaban J connectivity index is 1.68. The summed E-state index contributed by atoms with van der Waals surface area (Å²) in [4.78, 5) is 12.7. The second-order valence-corrected chi connectivity index (χ2v) is 7.45. The first-order valence-electron chi connectivity index (χ1n) is 9.77. The first-order chi connectivity index (χ1) is 15.0. The van der Waals surface area contributed by atoms with Gasteiger partial charge in [-0.25, -0.2) is 0 Å². The van der Waals surface area contributed by atoms with Gasteiger partial charge in [-0.2, -0.15) is 0 Å². The highest BCUT2D eigenvalue weighted by Gasteiger charge is 2.16. The third kappa shape index (κ3) is 5.92. The van der Waals surface area contributed by atoms with Crippen LogP contribution in [0.25, 0.3) is 0 Å². The van der Waals surface area contributed by atoms with Crippen LogP contribution in [-0.4, -0.2) is 26.7 Å². The van der Waals surface area contributed by atoms with Crippen molar-refractivity contribution >= 4 is 27.5 Å². The first kappa shape index (κ1) is 22.5. The molecule has 3 rings (SSSR count). The predicted octanol–water partition coefficient (Wildman–Crippen LogP) is 6.30. The summed E-state index contributed by atoms with van der Waals surface area (Å²) in [5.74, 6) is 2.94. The summed E-state index contributed by atoms with van der Waals surface area (Å²) < 4.78 is 22.7. The highest BCUT2D eigenvalue weighted by molar-refractivity contribution is 9.10. The summed E-state index contributed by atoms with van der Waals surface area (Å²) >= 11 is 3.46. The van der Waals surface area contributed by atoms with Crippen molar-refractivity contribution in [3.8, 4) is 28.7 Å². The molecule has 1 amide bonds. The number of carbonyl (C=O) groups is 1. The van der Waals surface area contributed by atoms with Gasteiger partial charge < -0.3 is 24.3 Å². The van der Waals surface area contributed by atoms with Crippen LogP contribution < -0.4 is 24.3 Å². The molecule has 0 atom stereocenters. The van der Waals surface area contributed by atoms with E-state index in [0.717, 1.165) is 12.2 Å². The van der Waals surface area contributed by atoms with Crippen molar-refractivity contribution in [1.82, 2.24) is 0 Å². The van der Waals surface area contributed by atoms with Gasteiger partial charge in [-0.05, 0) is 83.0 Å². The molecule has 0 aliphatic rings. The van der Waals surface area contributed by atoms with E-state index in [4.69, 9.17) is 18.9 Å². The topological polar surface area (TPSA) is 66.0 Å². The van der Waals surface area contributed by atoms with Crippen LogP contribution in [0.2, 0.25) is 0 Å². The van der Waals surface area contributed by atoms with Crippen molar-refractivity contribution in [2.45, 2.75) is 13.3 Å². The standard InChI is InChI=1S/C24H24BrNO5/c1-4-13-30-23-21(25)14-16(15-22(23)29-3)24(27)26-17-5-7-19(8-6-17)31-20-11-9-18(28-2)10-12-20/h5-12,14-15H,4,13H2,1-3H3,(H,26,27). The lowest BCUT2D eigenvalue weighted by Crippen LogP contribution is -2.12. The summed E-state index contributed by atoms with van der Waals surface area (Å²) in [5.41, 5.74) is 1.10. The van der Waals surface area contributed by atoms with Crippen LogP contribution in [0.3, 0.4) is 0 Å². The number of methoxy groups -OCH3 is 2. The largest absolute Gasteiger partial charge is 0.497 e. The Morgan fingerprint density at radius 1 is 0.903 bits per heavy atom. The molecule has 1 N–H and O–H groups in total. The average Bonchev–Trinajstić information content (AvgIpc) is 2.79. The molecule has 0 aliphatic heterocycles. The SMILES string of the molecule is CCCOc1c(Br)cc(C(=O)Nc2ccc(Oc3ccc(OC)cc3)cc2)cc1OC. The van der Waals surface area contributed by atoms with E-state index in [9.17, 15) is 4.79 Å². The Labute approximate surface area is 190 Å². The molecule has 0 aromatic heterocycles. The van der Waals surface area contributed by atoms with Gasteiger partial charge in [0, 0.05) is 11.3 Å². The molecule has 0 fully saturated rings. The Hall–Kier alpha value is -3.19. The number of hydrogen-bond acceptors (Lipinski definition) is 5. The molecule has 31 heavy (non-hydrogen) atoms. The lowest BCUT2D eigenvalue weighted by molar-refractivity contribution is 0.102. The number of benzene rings is 3. The number of ether oxygens (including phenoxy) is 4. The third-order valence-corrected chi connectivity index (χ3v) is 4.94. The highest BCUT2D eigenvalue weighted by Crippen LogP contribution is 2.37. The smallest absolute Gasteiger partial charge is 0.255 e. The maximum atomic E-state index is 12.7. The van der Waals surface area contributed by atoms with Gasteiger partial charge in [0.15, 0.2) is 11.5 Å². The van der Waals surface area contributed by atoms with E-state index in [2.05, 4.69) is 21.2 Å². The molecule has 0 radical (unpaired) electrons. The van der Waals surface area contributed by atoms with Crippen LogP contribution in [0.1, 0.15) is 23.7 Å². The van der Waals surface area contributed by atoms with Gasteiger partial charge in [0.1, 0.15) is 17.2 Å². The van der Waals surface area contributed by atoms with E-state index in [-0.39, 0.29) is 5.91 Å². The summed E-state index contributed by atoms with van der Waals surface area (Å²) in [6, 6.07) is 17.8. The van der Waals surface area contributed by atoms with Crippen molar-refractivity contribution in [1.29, 1.82) is 0 Å². The van der Waals surface area contributed by atoms with Crippen molar-refractivity contribution < 1.29 is 23.7 Å². The zero-order chi connectivity index (χ0) is 22.2. The summed E-state index contributed by atoms with van der Waals surface area (Å²) in [5, 5.41) is 2.88. The van der Waals surface area contributed by atoms with Gasteiger partial charge in [0.2, 0.25) is 0 Å². The second-order valence-electron chi connectivity index (χ2n) is 6.59. The fourth-order valence-electron chi connectivity index (χ4n) is 2.78. The maximum Gasteiger partial charge on any atom is 0.255 e. The number of nitrogens with one attached hydrogen (secondary N) is 1. The van der Waals surface area contributed by atoms with Crippen LogP contribution in [0.4, 0.5) is 5.69 Å². The van der Waals surface area contributed by atoms with E-state index in [1.807, 2.05) is 31.2 Å². The third-order valence-electron chi connectivity index (χ3n) is 4.35. The van der Waals surface area contributed by atoms with E-state index in [1.54, 1.807) is 50.6 Å². The Bertz CT molecular complexity index is 1020. The van der Waals surface area contributed by atoms with Gasteiger partial charge in [-0.1, -0.05) is 6.92 Å². The number of amides is 1. The number of halogens is 1. The molecule has 7 heteroatoms. The minimum atomic E-state index is -0.259. The number of rotatable bonds is 9. The van der Waals surface area contributed by atoms with Crippen LogP contribution in [0.15, 0.2) is 65.1 Å². The van der Waals surface area contributed by atoms with Gasteiger partial charge in [-0.3, -0.25) is 4.79 Å². The predicted molar refractivity (Wildman–Crippen MR) is 124 cm³/mol. The molecule has 3 aromatic rings. The number of carbonyl (C=O) groups excluding carboxylic acids is 1. The lowest BCUT2D eigenvalue weighted by Gasteiger charge is -2.14. The summed E-state index contributed by atoms with van der Waals surface area (Å²) in [6.45, 7) is 2.58. The zero-order valence-electron chi connectivity index (χ0n) is 17.6. The van der Waals surface area contributed by atoms with Crippen LogP contribution in [0, 0.1) is 0 Å². The van der Waals surface area contributed by atoms with Crippen molar-refractivity contribution in [2.75, 3.05) is 26.1 Å². The van der Waals surface area contributed by atoms with Gasteiger partial charge in [-0.15, -0.1) is 0 Å². The van der Waals surface area contributed by atoms with Crippen molar-refractivity contribution in [3.63, 3.8) is 0 Å². The molecule has 6 nitrogen and oxygen atoms in total. The lowest BCUT2D eigenvalue weighted by atomic mass is 10.1. The van der Waals surface area contributed by atoms with Gasteiger partial charge >= 0.3 is 0 Å². The van der Waals surface area contributed by atoms with Crippen molar-refractivity contribution in [3.05, 3.63) is 70.7 Å². The quantitative estimate of drug-likeness (QED) is 0.385. The zero-order valence-corrected chi connectivity index (χ0v) is 19.2. The Morgan fingerprint density at radius 3 is 2.10 bits per heavy atom. The molecule has 3 aromatic carbocycles. The molecule has 0 heterocycles. The van der Waals surface area contributed by atoms with Crippen LogP contribution >= 0.6 is 15.9 Å². The molecule has 0 unspecified atom stereocenters. The Morgan fingerprint density at radius 2 is 1.52 bits per heavy atom. The van der Waals surface area contributed by atoms with Gasteiger partial charge in [0.05, 0.1) is 25.3 Å². The van der Waals surface area contributed by atoms with Crippen LogP contribution in [0.5, 0.6) is 28.7 Å². The number of hydrogen-bond donors (Lipinski definition) is 1. The summed E-state index contributed by atoms with van der Waals surface area (Å²) in [6.07, 6.45) is 0.871. The van der Waals surface area contributed by atoms with Crippen LogP contribution in [-0.2, 0) is 0 Å². The normalized spacial score (nSPS) is 10.3. The van der Waals surface area contributed by atoms with Gasteiger partial charge in [0.25, 0.3) is 5.91 Å².